The van der Waals surface area contributed by atoms with Crippen LogP contribution >= 0.6 is 0 Å². The Labute approximate surface area is 204 Å². The Hall–Kier alpha value is -3.77. The molecule has 0 spiro atoms. The zero-order valence-corrected chi connectivity index (χ0v) is 19.2. The third-order valence-electron chi connectivity index (χ3n) is 6.01. The van der Waals surface area contributed by atoms with E-state index in [4.69, 9.17) is 9.84 Å². The SMILES string of the molecule is O=C(Nc1cnc([C@H](O)CO)cn1)C(CC1CCCC1)n1ncc(Oc2c(F)cccc2F)cc1=O. The average molecular weight is 501 g/mol. The lowest BCUT2D eigenvalue weighted by atomic mass is 9.98. The highest BCUT2D eigenvalue weighted by molar-refractivity contribution is 5.92. The third kappa shape index (κ3) is 5.89. The van der Waals surface area contributed by atoms with Crippen molar-refractivity contribution in [2.45, 2.75) is 44.2 Å². The van der Waals surface area contributed by atoms with E-state index in [1.165, 1.54) is 18.5 Å². The van der Waals surface area contributed by atoms with Crippen molar-refractivity contribution in [1.29, 1.82) is 0 Å². The van der Waals surface area contributed by atoms with Crippen LogP contribution in [0.25, 0.3) is 0 Å². The number of ether oxygens (including phenoxy) is 1. The highest BCUT2D eigenvalue weighted by Crippen LogP contribution is 2.32. The summed E-state index contributed by atoms with van der Waals surface area (Å²) in [7, 11) is 0. The molecule has 1 fully saturated rings. The number of nitrogens with zero attached hydrogens (tertiary/aromatic N) is 4. The Kier molecular flexibility index (Phi) is 7.96. The summed E-state index contributed by atoms with van der Waals surface area (Å²) < 4.78 is 34.0. The van der Waals surface area contributed by atoms with Gasteiger partial charge in [-0.25, -0.2) is 18.4 Å². The molecule has 1 saturated carbocycles. The molecule has 1 unspecified atom stereocenters. The van der Waals surface area contributed by atoms with Crippen molar-refractivity contribution in [3.63, 3.8) is 0 Å². The van der Waals surface area contributed by atoms with Crippen LogP contribution in [0.1, 0.15) is 49.9 Å². The second kappa shape index (κ2) is 11.3. The van der Waals surface area contributed by atoms with E-state index in [0.29, 0.717) is 6.42 Å². The lowest BCUT2D eigenvalue weighted by molar-refractivity contribution is -0.120. The number of aromatic nitrogens is 4. The first kappa shape index (κ1) is 25.3. The summed E-state index contributed by atoms with van der Waals surface area (Å²) in [5.74, 6) is -2.95. The molecule has 1 amide bonds. The number of hydrogen-bond donors (Lipinski definition) is 3. The molecule has 1 aromatic carbocycles. The van der Waals surface area contributed by atoms with E-state index in [9.17, 15) is 23.5 Å². The molecule has 10 nitrogen and oxygen atoms in total. The maximum absolute atomic E-state index is 13.9. The fraction of sp³-hybridized carbons (Fsp3) is 0.375. The number of rotatable bonds is 9. The minimum atomic E-state index is -1.20. The molecule has 1 aliphatic carbocycles. The first-order chi connectivity index (χ1) is 17.4. The van der Waals surface area contributed by atoms with Gasteiger partial charge in [-0.05, 0) is 24.5 Å². The molecule has 2 atom stereocenters. The second-order valence-corrected chi connectivity index (χ2v) is 8.54. The Morgan fingerprint density at radius 2 is 1.89 bits per heavy atom. The molecule has 1 aliphatic rings. The molecule has 0 radical (unpaired) electrons. The van der Waals surface area contributed by atoms with Crippen molar-refractivity contribution in [3.8, 4) is 11.5 Å². The monoisotopic (exact) mass is 501 g/mol. The van der Waals surface area contributed by atoms with Crippen LogP contribution in [-0.4, -0.2) is 42.5 Å². The second-order valence-electron chi connectivity index (χ2n) is 8.54. The number of aliphatic hydroxyl groups excluding tert-OH is 2. The molecule has 0 bridgehead atoms. The van der Waals surface area contributed by atoms with Crippen LogP contribution in [0.4, 0.5) is 14.6 Å². The number of amides is 1. The van der Waals surface area contributed by atoms with Crippen LogP contribution in [0, 0.1) is 17.6 Å². The lowest BCUT2D eigenvalue weighted by Gasteiger charge is -2.21. The van der Waals surface area contributed by atoms with Crippen molar-refractivity contribution < 1.29 is 28.5 Å². The average Bonchev–Trinajstić information content (AvgIpc) is 3.38. The van der Waals surface area contributed by atoms with Crippen molar-refractivity contribution in [2.75, 3.05) is 11.9 Å². The number of aliphatic hydroxyl groups is 2. The Bertz CT molecular complexity index is 1240. The fourth-order valence-corrected chi connectivity index (χ4v) is 4.15. The summed E-state index contributed by atoms with van der Waals surface area (Å²) in [6.07, 6.45) is 6.63. The van der Waals surface area contributed by atoms with Gasteiger partial charge in [-0.1, -0.05) is 31.7 Å². The normalized spacial score (nSPS) is 15.4. The third-order valence-corrected chi connectivity index (χ3v) is 6.01. The van der Waals surface area contributed by atoms with Gasteiger partial charge in [0.05, 0.1) is 30.9 Å². The molecule has 2 heterocycles. The van der Waals surface area contributed by atoms with Crippen molar-refractivity contribution >= 4 is 11.7 Å². The Morgan fingerprint density at radius 1 is 1.17 bits per heavy atom. The number of benzene rings is 1. The van der Waals surface area contributed by atoms with Crippen LogP contribution in [0.5, 0.6) is 11.5 Å². The Balaban J connectivity index is 1.57. The van der Waals surface area contributed by atoms with Gasteiger partial charge in [-0.2, -0.15) is 5.10 Å². The van der Waals surface area contributed by atoms with Crippen LogP contribution < -0.4 is 15.6 Å². The predicted octanol–water partition coefficient (Wildman–Crippen LogP) is 2.89. The number of hydrogen-bond acceptors (Lipinski definition) is 8. The largest absolute Gasteiger partial charge is 0.449 e. The van der Waals surface area contributed by atoms with E-state index in [1.807, 2.05) is 0 Å². The summed E-state index contributed by atoms with van der Waals surface area (Å²) in [6.45, 7) is -0.526. The fourth-order valence-electron chi connectivity index (χ4n) is 4.15. The highest BCUT2D eigenvalue weighted by atomic mass is 19.1. The van der Waals surface area contributed by atoms with Gasteiger partial charge in [-0.15, -0.1) is 0 Å². The molecule has 0 saturated heterocycles. The highest BCUT2D eigenvalue weighted by Gasteiger charge is 2.29. The van der Waals surface area contributed by atoms with Crippen LogP contribution in [0.3, 0.4) is 0 Å². The van der Waals surface area contributed by atoms with Gasteiger partial charge in [0.1, 0.15) is 12.1 Å². The molecule has 12 heteroatoms. The number of halogens is 2. The van der Waals surface area contributed by atoms with Crippen LogP contribution in [0.15, 0.2) is 47.7 Å². The first-order valence-electron chi connectivity index (χ1n) is 11.5. The molecule has 0 aliphatic heterocycles. The molecule has 190 valence electrons. The van der Waals surface area contributed by atoms with E-state index >= 15 is 0 Å². The molecule has 36 heavy (non-hydrogen) atoms. The van der Waals surface area contributed by atoms with E-state index in [2.05, 4.69) is 20.4 Å². The minimum absolute atomic E-state index is 0.0911. The van der Waals surface area contributed by atoms with Crippen molar-refractivity contribution in [2.24, 2.45) is 5.92 Å². The van der Waals surface area contributed by atoms with E-state index in [-0.39, 0.29) is 23.2 Å². The van der Waals surface area contributed by atoms with Gasteiger partial charge in [0, 0.05) is 6.07 Å². The maximum atomic E-state index is 13.9. The summed E-state index contributed by atoms with van der Waals surface area (Å²) in [5, 5.41) is 25.3. The van der Waals surface area contributed by atoms with Gasteiger partial charge in [0.2, 0.25) is 0 Å². The zero-order chi connectivity index (χ0) is 25.7. The van der Waals surface area contributed by atoms with Crippen molar-refractivity contribution in [1.82, 2.24) is 19.7 Å². The molecule has 2 aromatic heterocycles. The molecule has 4 rings (SSSR count). The molecule has 3 aromatic rings. The summed E-state index contributed by atoms with van der Waals surface area (Å²) in [5.41, 5.74) is -0.548. The number of para-hydroxylation sites is 1. The standard InChI is InChI=1S/C24H25F2N5O5/c25-16-6-3-7-17(26)23(16)36-15-9-22(34)31(29-10-15)19(8-14-4-1-2-5-14)24(35)30-21-12-27-18(11-28-21)20(33)13-32/h3,6-7,9-12,14,19-20,32-33H,1-2,4-5,8,13H2,(H,28,30,35)/t19?,20-/m1/s1. The molecular formula is C24H25F2N5O5. The van der Waals surface area contributed by atoms with Gasteiger partial charge >= 0.3 is 0 Å². The first-order valence-corrected chi connectivity index (χ1v) is 11.5. The van der Waals surface area contributed by atoms with Crippen LogP contribution in [-0.2, 0) is 4.79 Å². The number of carbonyl (C=O) groups excluding carboxylic acids is 1. The van der Waals surface area contributed by atoms with E-state index in [1.54, 1.807) is 0 Å². The van der Waals surface area contributed by atoms with Gasteiger partial charge < -0.3 is 20.3 Å². The van der Waals surface area contributed by atoms with Gasteiger partial charge in [0.25, 0.3) is 11.5 Å². The van der Waals surface area contributed by atoms with Crippen molar-refractivity contribution in [3.05, 3.63) is 70.5 Å². The quantitative estimate of drug-likeness (QED) is 0.407. The zero-order valence-electron chi connectivity index (χ0n) is 19.2. The molecular weight excluding hydrogens is 476 g/mol. The lowest BCUT2D eigenvalue weighted by Crippen LogP contribution is -2.36. The van der Waals surface area contributed by atoms with E-state index < -0.39 is 47.6 Å². The number of anilines is 1. The van der Waals surface area contributed by atoms with Gasteiger partial charge in [0.15, 0.2) is 29.0 Å². The van der Waals surface area contributed by atoms with Crippen LogP contribution in [0.2, 0.25) is 0 Å². The summed E-state index contributed by atoms with van der Waals surface area (Å²) >= 11 is 0. The summed E-state index contributed by atoms with van der Waals surface area (Å²) in [4.78, 5) is 34.1. The minimum Gasteiger partial charge on any atom is -0.449 e. The summed E-state index contributed by atoms with van der Waals surface area (Å²) in [6, 6.07) is 3.26. The number of nitrogens with one attached hydrogen (secondary N) is 1. The number of carbonyl (C=O) groups is 1. The van der Waals surface area contributed by atoms with E-state index in [0.717, 1.165) is 54.8 Å². The van der Waals surface area contributed by atoms with Gasteiger partial charge in [-0.3, -0.25) is 14.6 Å². The topological polar surface area (TPSA) is 139 Å². The predicted molar refractivity (Wildman–Crippen MR) is 123 cm³/mol. The Morgan fingerprint density at radius 3 is 2.50 bits per heavy atom. The maximum Gasteiger partial charge on any atom is 0.271 e. The molecule has 3 N–H and O–H groups in total. The smallest absolute Gasteiger partial charge is 0.271 e.